The molecule has 1 heterocycles. The first-order chi connectivity index (χ1) is 7.29. The minimum atomic E-state index is 0.854. The van der Waals surface area contributed by atoms with Crippen molar-refractivity contribution in [1.29, 1.82) is 0 Å². The Bertz CT molecular complexity index is 253. The average molecular weight is 226 g/mol. The van der Waals surface area contributed by atoms with Crippen LogP contribution in [0.5, 0.6) is 0 Å². The molecule has 0 spiro atoms. The lowest BCUT2D eigenvalue weighted by Gasteiger charge is -2.09. The van der Waals surface area contributed by atoms with Gasteiger partial charge in [-0.1, -0.05) is 11.8 Å². The van der Waals surface area contributed by atoms with Crippen LogP contribution in [0.15, 0.2) is 23.6 Å². The van der Waals surface area contributed by atoms with Crippen LogP contribution in [0, 0.1) is 0 Å². The summed E-state index contributed by atoms with van der Waals surface area (Å²) in [6.07, 6.45) is 3.55. The number of hydrogen-bond acceptors (Lipinski definition) is 5. The number of likely N-dealkylation sites (N-methyl/N-ethyl adjacent to an activating group) is 1. The van der Waals surface area contributed by atoms with Gasteiger partial charge in [0, 0.05) is 37.8 Å². The van der Waals surface area contributed by atoms with Crippen molar-refractivity contribution in [3.05, 3.63) is 18.5 Å². The van der Waals surface area contributed by atoms with Crippen LogP contribution >= 0.6 is 11.8 Å². The summed E-state index contributed by atoms with van der Waals surface area (Å²) >= 11 is 1.68. The molecule has 4 nitrogen and oxygen atoms in total. The van der Waals surface area contributed by atoms with Gasteiger partial charge in [0.25, 0.3) is 0 Å². The fourth-order valence-corrected chi connectivity index (χ4v) is 1.70. The largest absolute Gasteiger partial charge is 0.315 e. The van der Waals surface area contributed by atoms with Gasteiger partial charge in [-0.2, -0.15) is 0 Å². The van der Waals surface area contributed by atoms with E-state index in [1.165, 1.54) is 0 Å². The van der Waals surface area contributed by atoms with Gasteiger partial charge in [0.1, 0.15) is 0 Å². The Balaban J connectivity index is 1.98. The standard InChI is InChI=1S/C10H18N4S/c1-14(2)8-6-11-7-9-15-10-12-4-3-5-13-10/h3-5,11H,6-9H2,1-2H3. The lowest BCUT2D eigenvalue weighted by atomic mass is 10.5. The predicted octanol–water partition coefficient (Wildman–Crippen LogP) is 0.720. The topological polar surface area (TPSA) is 41.0 Å². The zero-order valence-electron chi connectivity index (χ0n) is 9.31. The molecule has 1 aromatic rings. The Kier molecular flexibility index (Phi) is 6.31. The second-order valence-electron chi connectivity index (χ2n) is 3.43. The van der Waals surface area contributed by atoms with E-state index >= 15 is 0 Å². The molecular weight excluding hydrogens is 208 g/mol. The molecule has 1 aromatic heterocycles. The highest BCUT2D eigenvalue weighted by Crippen LogP contribution is 2.08. The second kappa shape index (κ2) is 7.62. The molecule has 84 valence electrons. The van der Waals surface area contributed by atoms with Gasteiger partial charge in [0.15, 0.2) is 5.16 Å². The molecular formula is C10H18N4S. The molecule has 0 aliphatic heterocycles. The summed E-state index contributed by atoms with van der Waals surface area (Å²) in [7, 11) is 4.16. The van der Waals surface area contributed by atoms with E-state index in [1.54, 1.807) is 24.2 Å². The normalized spacial score (nSPS) is 10.9. The van der Waals surface area contributed by atoms with Crippen molar-refractivity contribution in [2.24, 2.45) is 0 Å². The molecule has 0 unspecified atom stereocenters. The van der Waals surface area contributed by atoms with Gasteiger partial charge >= 0.3 is 0 Å². The Hall–Kier alpha value is -0.650. The molecule has 0 radical (unpaired) electrons. The van der Waals surface area contributed by atoms with Crippen molar-refractivity contribution < 1.29 is 0 Å². The number of thioether (sulfide) groups is 1. The summed E-state index contributed by atoms with van der Waals surface area (Å²) in [4.78, 5) is 10.4. The van der Waals surface area contributed by atoms with Crippen molar-refractivity contribution in [1.82, 2.24) is 20.2 Å². The van der Waals surface area contributed by atoms with Crippen molar-refractivity contribution >= 4 is 11.8 Å². The van der Waals surface area contributed by atoms with E-state index < -0.39 is 0 Å². The van der Waals surface area contributed by atoms with Crippen LogP contribution in [0.4, 0.5) is 0 Å². The highest BCUT2D eigenvalue weighted by atomic mass is 32.2. The summed E-state index contributed by atoms with van der Waals surface area (Å²) in [5, 5.41) is 4.22. The zero-order chi connectivity index (χ0) is 10.9. The molecule has 1 rings (SSSR count). The van der Waals surface area contributed by atoms with E-state index in [4.69, 9.17) is 0 Å². The van der Waals surface area contributed by atoms with E-state index in [1.807, 2.05) is 6.07 Å². The molecule has 0 fully saturated rings. The molecule has 0 saturated heterocycles. The number of nitrogens with zero attached hydrogens (tertiary/aromatic N) is 3. The first-order valence-electron chi connectivity index (χ1n) is 5.04. The van der Waals surface area contributed by atoms with E-state index in [2.05, 4.69) is 34.3 Å². The Morgan fingerprint density at radius 2 is 2.00 bits per heavy atom. The van der Waals surface area contributed by atoms with Crippen LogP contribution in [-0.4, -0.2) is 54.4 Å². The number of aromatic nitrogens is 2. The lowest BCUT2D eigenvalue weighted by molar-refractivity contribution is 0.403. The molecule has 5 heteroatoms. The Morgan fingerprint density at radius 1 is 1.27 bits per heavy atom. The van der Waals surface area contributed by atoms with Crippen molar-refractivity contribution in [2.75, 3.05) is 39.5 Å². The quantitative estimate of drug-likeness (QED) is 0.421. The minimum absolute atomic E-state index is 0.854. The zero-order valence-corrected chi connectivity index (χ0v) is 10.1. The fraction of sp³-hybridized carbons (Fsp3) is 0.600. The third-order valence-corrected chi connectivity index (χ3v) is 2.67. The van der Waals surface area contributed by atoms with E-state index in [0.717, 1.165) is 30.5 Å². The smallest absolute Gasteiger partial charge is 0.187 e. The molecule has 0 atom stereocenters. The Morgan fingerprint density at radius 3 is 2.67 bits per heavy atom. The molecule has 0 aromatic carbocycles. The van der Waals surface area contributed by atoms with E-state index in [0.29, 0.717) is 0 Å². The first-order valence-corrected chi connectivity index (χ1v) is 6.03. The SMILES string of the molecule is CN(C)CCNCCSc1ncccn1. The highest BCUT2D eigenvalue weighted by Gasteiger charge is 1.95. The van der Waals surface area contributed by atoms with Gasteiger partial charge < -0.3 is 10.2 Å². The monoisotopic (exact) mass is 226 g/mol. The van der Waals surface area contributed by atoms with Crippen molar-refractivity contribution in [2.45, 2.75) is 5.16 Å². The highest BCUT2D eigenvalue weighted by molar-refractivity contribution is 7.99. The molecule has 0 aliphatic rings. The average Bonchev–Trinajstić information content (AvgIpc) is 2.24. The first kappa shape index (κ1) is 12.4. The molecule has 0 aliphatic carbocycles. The van der Waals surface area contributed by atoms with Gasteiger partial charge in [-0.25, -0.2) is 9.97 Å². The van der Waals surface area contributed by atoms with Crippen LogP contribution in [0.3, 0.4) is 0 Å². The van der Waals surface area contributed by atoms with Crippen molar-refractivity contribution in [3.63, 3.8) is 0 Å². The maximum Gasteiger partial charge on any atom is 0.187 e. The molecule has 0 saturated carbocycles. The predicted molar refractivity (Wildman–Crippen MR) is 64.2 cm³/mol. The number of rotatable bonds is 7. The van der Waals surface area contributed by atoms with Gasteiger partial charge in [0.05, 0.1) is 0 Å². The molecule has 0 amide bonds. The van der Waals surface area contributed by atoms with Gasteiger partial charge in [0.2, 0.25) is 0 Å². The summed E-state index contributed by atoms with van der Waals surface area (Å²) in [5.74, 6) is 1.01. The van der Waals surface area contributed by atoms with Crippen LogP contribution < -0.4 is 5.32 Å². The summed E-state index contributed by atoms with van der Waals surface area (Å²) < 4.78 is 0. The van der Waals surface area contributed by atoms with Crippen LogP contribution in [0.25, 0.3) is 0 Å². The number of nitrogens with one attached hydrogen (secondary N) is 1. The fourth-order valence-electron chi connectivity index (χ4n) is 1.00. The summed E-state index contributed by atoms with van der Waals surface area (Å²) in [6, 6.07) is 1.83. The van der Waals surface area contributed by atoms with Crippen LogP contribution in [0.2, 0.25) is 0 Å². The lowest BCUT2D eigenvalue weighted by Crippen LogP contribution is -2.27. The van der Waals surface area contributed by atoms with Gasteiger partial charge in [-0.05, 0) is 20.2 Å². The molecule has 15 heavy (non-hydrogen) atoms. The molecule has 1 N–H and O–H groups in total. The van der Waals surface area contributed by atoms with Crippen LogP contribution in [-0.2, 0) is 0 Å². The minimum Gasteiger partial charge on any atom is -0.315 e. The summed E-state index contributed by atoms with van der Waals surface area (Å²) in [5.41, 5.74) is 0. The molecule has 0 bridgehead atoms. The number of hydrogen-bond donors (Lipinski definition) is 1. The maximum atomic E-state index is 4.14. The second-order valence-corrected chi connectivity index (χ2v) is 4.50. The van der Waals surface area contributed by atoms with Gasteiger partial charge in [-0.3, -0.25) is 0 Å². The van der Waals surface area contributed by atoms with Gasteiger partial charge in [-0.15, -0.1) is 0 Å². The van der Waals surface area contributed by atoms with Crippen LogP contribution in [0.1, 0.15) is 0 Å². The third-order valence-electron chi connectivity index (χ3n) is 1.79. The maximum absolute atomic E-state index is 4.14. The van der Waals surface area contributed by atoms with E-state index in [9.17, 15) is 0 Å². The Labute approximate surface area is 95.5 Å². The van der Waals surface area contributed by atoms with E-state index in [-0.39, 0.29) is 0 Å². The third kappa shape index (κ3) is 6.43. The van der Waals surface area contributed by atoms with Crippen molar-refractivity contribution in [3.8, 4) is 0 Å². The summed E-state index contributed by atoms with van der Waals surface area (Å²) in [6.45, 7) is 3.10.